The molecule has 1 aromatic rings. The molecule has 0 aliphatic rings. The molecule has 0 saturated heterocycles. The summed E-state index contributed by atoms with van der Waals surface area (Å²) in [4.78, 5) is 24.0. The van der Waals surface area contributed by atoms with Crippen LogP contribution in [0, 0.1) is 0 Å². The Morgan fingerprint density at radius 2 is 1.85 bits per heavy atom. The first kappa shape index (κ1) is 18.4. The molecule has 0 unspecified atom stereocenters. The first-order chi connectivity index (χ1) is 9.06. The Kier molecular flexibility index (Phi) is 8.59. The quantitative estimate of drug-likeness (QED) is 0.805. The second-order valence-electron chi connectivity index (χ2n) is 4.38. The van der Waals surface area contributed by atoms with Gasteiger partial charge >= 0.3 is 5.97 Å². The van der Waals surface area contributed by atoms with Gasteiger partial charge in [-0.15, -0.1) is 12.4 Å². The fourth-order valence-corrected chi connectivity index (χ4v) is 1.89. The van der Waals surface area contributed by atoms with Crippen LogP contribution in [0.5, 0.6) is 0 Å². The number of benzene rings is 1. The summed E-state index contributed by atoms with van der Waals surface area (Å²) in [5.74, 6) is -0.946. The molecule has 2 N–H and O–H groups in total. The number of rotatable bonds is 7. The molecule has 5 nitrogen and oxygen atoms in total. The fraction of sp³-hybridized carbons (Fsp3) is 0.429. The van der Waals surface area contributed by atoms with Gasteiger partial charge in [0.1, 0.15) is 0 Å². The molecule has 0 aromatic heterocycles. The van der Waals surface area contributed by atoms with Crippen LogP contribution in [0.3, 0.4) is 0 Å². The third-order valence-corrected chi connectivity index (χ3v) is 2.75. The molecule has 1 rings (SSSR count). The van der Waals surface area contributed by atoms with Gasteiger partial charge < -0.3 is 10.4 Å². The van der Waals surface area contributed by atoms with Crippen molar-refractivity contribution >= 4 is 24.3 Å². The Balaban J connectivity index is 0.00000361. The summed E-state index contributed by atoms with van der Waals surface area (Å²) in [6.45, 7) is 3.37. The normalized spacial score (nSPS) is 9.95. The second-order valence-corrected chi connectivity index (χ2v) is 4.38. The molecule has 0 heterocycles. The summed E-state index contributed by atoms with van der Waals surface area (Å²) >= 11 is 0. The Bertz CT molecular complexity index is 435. The van der Waals surface area contributed by atoms with Crippen LogP contribution in [0.2, 0.25) is 0 Å². The first-order valence-corrected chi connectivity index (χ1v) is 6.32. The number of carboxylic acids is 1. The minimum atomic E-state index is -0.824. The van der Waals surface area contributed by atoms with E-state index in [9.17, 15) is 9.59 Å². The van der Waals surface area contributed by atoms with Crippen molar-refractivity contribution in [3.8, 4) is 0 Å². The highest BCUT2D eigenvalue weighted by atomic mass is 35.5. The van der Waals surface area contributed by atoms with Gasteiger partial charge in [-0.25, -0.2) is 0 Å². The molecule has 0 fully saturated rings. The highest BCUT2D eigenvalue weighted by Gasteiger charge is 2.10. The zero-order chi connectivity index (χ0) is 14.3. The number of carboxylic acid groups (broad SMARTS) is 1. The molecule has 20 heavy (non-hydrogen) atoms. The molecule has 0 saturated carbocycles. The van der Waals surface area contributed by atoms with Crippen LogP contribution in [0.15, 0.2) is 24.3 Å². The third kappa shape index (κ3) is 6.04. The van der Waals surface area contributed by atoms with Crippen molar-refractivity contribution in [2.75, 3.05) is 20.1 Å². The molecule has 0 atom stereocenters. The summed E-state index contributed by atoms with van der Waals surface area (Å²) in [7, 11) is 1.59. The van der Waals surface area contributed by atoms with Crippen molar-refractivity contribution < 1.29 is 14.7 Å². The van der Waals surface area contributed by atoms with Crippen molar-refractivity contribution in [2.45, 2.75) is 19.9 Å². The largest absolute Gasteiger partial charge is 0.480 e. The lowest BCUT2D eigenvalue weighted by atomic mass is 10.1. The van der Waals surface area contributed by atoms with Crippen molar-refractivity contribution in [3.05, 3.63) is 35.4 Å². The van der Waals surface area contributed by atoms with Crippen molar-refractivity contribution in [3.63, 3.8) is 0 Å². The topological polar surface area (TPSA) is 69.6 Å². The maximum Gasteiger partial charge on any atom is 0.317 e. The molecule has 1 aromatic carbocycles. The van der Waals surface area contributed by atoms with E-state index in [1.165, 1.54) is 0 Å². The molecule has 0 aliphatic heterocycles. The molecular formula is C14H21ClN2O3. The van der Waals surface area contributed by atoms with E-state index in [1.807, 2.05) is 24.0 Å². The SMILES string of the molecule is CCCN(CC(=O)O)Cc1ccc(C(=O)NC)cc1.Cl. The standard InChI is InChI=1S/C14H20N2O3.ClH/c1-3-8-16(10-13(17)18)9-11-4-6-12(7-5-11)14(19)15-2;/h4-7H,3,8-10H2,1-2H3,(H,15,19)(H,17,18);1H. The molecule has 0 radical (unpaired) electrons. The minimum Gasteiger partial charge on any atom is -0.480 e. The van der Waals surface area contributed by atoms with E-state index in [4.69, 9.17) is 5.11 Å². The number of nitrogens with zero attached hydrogens (tertiary/aromatic N) is 1. The Labute approximate surface area is 125 Å². The predicted octanol–water partition coefficient (Wildman–Crippen LogP) is 1.76. The molecule has 0 bridgehead atoms. The number of nitrogens with one attached hydrogen (secondary N) is 1. The number of halogens is 1. The van der Waals surface area contributed by atoms with Crippen LogP contribution >= 0.6 is 12.4 Å². The lowest BCUT2D eigenvalue weighted by molar-refractivity contribution is -0.138. The van der Waals surface area contributed by atoms with E-state index in [0.717, 1.165) is 18.5 Å². The first-order valence-electron chi connectivity index (χ1n) is 6.32. The van der Waals surface area contributed by atoms with Crippen LogP contribution in [0.1, 0.15) is 29.3 Å². The monoisotopic (exact) mass is 300 g/mol. The molecule has 6 heteroatoms. The van der Waals surface area contributed by atoms with E-state index in [1.54, 1.807) is 19.2 Å². The van der Waals surface area contributed by atoms with E-state index >= 15 is 0 Å². The van der Waals surface area contributed by atoms with Gasteiger partial charge in [-0.05, 0) is 30.7 Å². The van der Waals surface area contributed by atoms with Gasteiger partial charge in [0.15, 0.2) is 0 Å². The zero-order valence-corrected chi connectivity index (χ0v) is 12.6. The Hall–Kier alpha value is -1.59. The van der Waals surface area contributed by atoms with E-state index in [0.29, 0.717) is 12.1 Å². The summed E-state index contributed by atoms with van der Waals surface area (Å²) < 4.78 is 0. The van der Waals surface area contributed by atoms with Gasteiger partial charge in [0.2, 0.25) is 0 Å². The molecule has 0 spiro atoms. The number of carbonyl (C=O) groups excluding carboxylic acids is 1. The fourth-order valence-electron chi connectivity index (χ4n) is 1.89. The van der Waals surface area contributed by atoms with Crippen molar-refractivity contribution in [2.24, 2.45) is 0 Å². The highest BCUT2D eigenvalue weighted by Crippen LogP contribution is 2.08. The lowest BCUT2D eigenvalue weighted by Crippen LogP contribution is -2.30. The lowest BCUT2D eigenvalue weighted by Gasteiger charge is -2.19. The van der Waals surface area contributed by atoms with Crippen LogP contribution in [0.4, 0.5) is 0 Å². The maximum atomic E-state index is 11.4. The van der Waals surface area contributed by atoms with Crippen LogP contribution in [-0.4, -0.2) is 42.0 Å². The number of hydrogen-bond acceptors (Lipinski definition) is 3. The number of aliphatic carboxylic acids is 1. The average molecular weight is 301 g/mol. The van der Waals surface area contributed by atoms with Crippen LogP contribution < -0.4 is 5.32 Å². The van der Waals surface area contributed by atoms with Crippen molar-refractivity contribution in [1.29, 1.82) is 0 Å². The molecule has 0 aliphatic carbocycles. The third-order valence-electron chi connectivity index (χ3n) is 2.75. The van der Waals surface area contributed by atoms with Crippen LogP contribution in [0.25, 0.3) is 0 Å². The molecule has 112 valence electrons. The second kappa shape index (κ2) is 9.34. The van der Waals surface area contributed by atoms with Gasteiger partial charge in [-0.1, -0.05) is 19.1 Å². The molecule has 1 amide bonds. The van der Waals surface area contributed by atoms with E-state index < -0.39 is 5.97 Å². The maximum absolute atomic E-state index is 11.4. The Morgan fingerprint density at radius 1 is 1.25 bits per heavy atom. The average Bonchev–Trinajstić information content (AvgIpc) is 2.38. The molecular weight excluding hydrogens is 280 g/mol. The van der Waals surface area contributed by atoms with E-state index in [-0.39, 0.29) is 24.9 Å². The smallest absolute Gasteiger partial charge is 0.317 e. The van der Waals surface area contributed by atoms with Gasteiger partial charge in [0, 0.05) is 19.2 Å². The number of carbonyl (C=O) groups is 2. The van der Waals surface area contributed by atoms with Crippen molar-refractivity contribution in [1.82, 2.24) is 10.2 Å². The highest BCUT2D eigenvalue weighted by molar-refractivity contribution is 5.93. The minimum absolute atomic E-state index is 0. The summed E-state index contributed by atoms with van der Waals surface area (Å²) in [5, 5.41) is 11.4. The zero-order valence-electron chi connectivity index (χ0n) is 11.8. The van der Waals surface area contributed by atoms with Gasteiger partial charge in [-0.3, -0.25) is 14.5 Å². The van der Waals surface area contributed by atoms with E-state index in [2.05, 4.69) is 5.32 Å². The summed E-state index contributed by atoms with van der Waals surface area (Å²) in [5.41, 5.74) is 1.61. The predicted molar refractivity (Wildman–Crippen MR) is 80.3 cm³/mol. The Morgan fingerprint density at radius 3 is 2.30 bits per heavy atom. The summed E-state index contributed by atoms with van der Waals surface area (Å²) in [6.07, 6.45) is 0.906. The van der Waals surface area contributed by atoms with Crippen LogP contribution in [-0.2, 0) is 11.3 Å². The number of amides is 1. The van der Waals surface area contributed by atoms with Gasteiger partial charge in [0.05, 0.1) is 6.54 Å². The summed E-state index contributed by atoms with van der Waals surface area (Å²) in [6, 6.07) is 7.21. The number of hydrogen-bond donors (Lipinski definition) is 2. The van der Waals surface area contributed by atoms with Gasteiger partial charge in [0.25, 0.3) is 5.91 Å². The van der Waals surface area contributed by atoms with Gasteiger partial charge in [-0.2, -0.15) is 0 Å².